The zero-order valence-electron chi connectivity index (χ0n) is 14.4. The molecule has 7 heteroatoms. The van der Waals surface area contributed by atoms with Gasteiger partial charge in [-0.2, -0.15) is 0 Å². The zero-order chi connectivity index (χ0) is 18.7. The molecule has 2 heterocycles. The summed E-state index contributed by atoms with van der Waals surface area (Å²) >= 11 is 17.7. The highest BCUT2D eigenvalue weighted by atomic mass is 79.9. The Balaban J connectivity index is 1.99. The first kappa shape index (κ1) is 19.6. The van der Waals surface area contributed by atoms with Gasteiger partial charge in [-0.25, -0.2) is 4.98 Å². The molecule has 136 valence electrons. The van der Waals surface area contributed by atoms with Crippen molar-refractivity contribution in [3.05, 3.63) is 62.1 Å². The summed E-state index contributed by atoms with van der Waals surface area (Å²) in [6, 6.07) is 9.78. The monoisotopic (exact) mass is 469 g/mol. The van der Waals surface area contributed by atoms with E-state index in [-0.39, 0.29) is 6.04 Å². The van der Waals surface area contributed by atoms with Crippen molar-refractivity contribution in [2.75, 3.05) is 11.4 Å². The number of aromatic nitrogens is 2. The number of pyridine rings is 1. The second-order valence-corrected chi connectivity index (χ2v) is 9.03. The Hall–Kier alpha value is -1.14. The van der Waals surface area contributed by atoms with E-state index in [4.69, 9.17) is 28.2 Å². The van der Waals surface area contributed by atoms with Crippen LogP contribution in [0.5, 0.6) is 0 Å². The number of benzene rings is 1. The second-order valence-electron chi connectivity index (χ2n) is 5.89. The summed E-state index contributed by atoms with van der Waals surface area (Å²) in [6.45, 7) is 5.28. The molecule has 0 saturated heterocycles. The van der Waals surface area contributed by atoms with Crippen LogP contribution < -0.4 is 4.90 Å². The molecule has 3 rings (SSSR count). The summed E-state index contributed by atoms with van der Waals surface area (Å²) in [6.07, 6.45) is 4.68. The van der Waals surface area contributed by atoms with Crippen molar-refractivity contribution in [2.45, 2.75) is 26.3 Å². The average Bonchev–Trinajstić information content (AvgIpc) is 3.01. The van der Waals surface area contributed by atoms with Crippen LogP contribution in [-0.4, -0.2) is 16.5 Å². The molecule has 0 aliphatic carbocycles. The average molecular weight is 471 g/mol. The van der Waals surface area contributed by atoms with Gasteiger partial charge in [-0.05, 0) is 65.2 Å². The number of hydrogen-bond donors (Lipinski definition) is 0. The first-order chi connectivity index (χ1) is 12.5. The summed E-state index contributed by atoms with van der Waals surface area (Å²) in [7, 11) is 0. The van der Waals surface area contributed by atoms with Gasteiger partial charge in [0.2, 0.25) is 0 Å². The molecule has 0 fully saturated rings. The highest BCUT2D eigenvalue weighted by Gasteiger charge is 2.22. The van der Waals surface area contributed by atoms with E-state index >= 15 is 0 Å². The summed E-state index contributed by atoms with van der Waals surface area (Å²) in [5.41, 5.74) is 2.93. The summed E-state index contributed by atoms with van der Waals surface area (Å²) < 4.78 is 0.958. The number of thiazole rings is 1. The molecule has 0 spiro atoms. The number of rotatable bonds is 6. The molecular formula is C19H18BrCl2N3S. The van der Waals surface area contributed by atoms with Crippen LogP contribution in [0, 0.1) is 0 Å². The van der Waals surface area contributed by atoms with Gasteiger partial charge in [0.25, 0.3) is 0 Å². The van der Waals surface area contributed by atoms with E-state index in [0.29, 0.717) is 10.0 Å². The van der Waals surface area contributed by atoms with E-state index in [0.717, 1.165) is 33.1 Å². The Morgan fingerprint density at radius 1 is 1.19 bits per heavy atom. The van der Waals surface area contributed by atoms with Crippen LogP contribution in [-0.2, 0) is 0 Å². The molecule has 1 unspecified atom stereocenters. The van der Waals surface area contributed by atoms with Gasteiger partial charge >= 0.3 is 0 Å². The second kappa shape index (κ2) is 8.70. The Labute approximate surface area is 176 Å². The number of hydrogen-bond acceptors (Lipinski definition) is 4. The molecule has 0 N–H and O–H groups in total. The first-order valence-corrected chi connectivity index (χ1v) is 10.7. The largest absolute Gasteiger partial charge is 0.341 e. The maximum absolute atomic E-state index is 6.38. The smallest absolute Gasteiger partial charge is 0.187 e. The number of halogens is 3. The van der Waals surface area contributed by atoms with Crippen LogP contribution in [0.4, 0.5) is 5.13 Å². The van der Waals surface area contributed by atoms with Gasteiger partial charge < -0.3 is 4.90 Å². The van der Waals surface area contributed by atoms with Gasteiger partial charge in [0.15, 0.2) is 5.13 Å². The molecule has 1 atom stereocenters. The minimum absolute atomic E-state index is 0.199. The standard InChI is InChI=1S/C19H18BrCl2N3S/c1-3-10-25(12(2)13-6-8-23-9-7-13)19-24-17(18(20)26-19)15-5-4-14(21)11-16(15)22/h4-9,11-12H,3,10H2,1-2H3. The van der Waals surface area contributed by atoms with E-state index < -0.39 is 0 Å². The van der Waals surface area contributed by atoms with Gasteiger partial charge in [-0.1, -0.05) is 41.5 Å². The van der Waals surface area contributed by atoms with E-state index in [9.17, 15) is 0 Å². The van der Waals surface area contributed by atoms with Crippen molar-refractivity contribution in [1.82, 2.24) is 9.97 Å². The van der Waals surface area contributed by atoms with Crippen molar-refractivity contribution in [2.24, 2.45) is 0 Å². The summed E-state index contributed by atoms with van der Waals surface area (Å²) in [5.74, 6) is 0. The van der Waals surface area contributed by atoms with Crippen molar-refractivity contribution < 1.29 is 0 Å². The van der Waals surface area contributed by atoms with Crippen molar-refractivity contribution in [3.8, 4) is 11.3 Å². The van der Waals surface area contributed by atoms with E-state index in [1.165, 1.54) is 5.56 Å². The molecule has 0 aliphatic rings. The molecule has 0 aliphatic heterocycles. The van der Waals surface area contributed by atoms with Gasteiger partial charge in [0, 0.05) is 29.5 Å². The predicted molar refractivity (Wildman–Crippen MR) is 116 cm³/mol. The van der Waals surface area contributed by atoms with Crippen LogP contribution in [0.1, 0.15) is 31.9 Å². The molecule has 2 aromatic heterocycles. The molecule has 3 nitrogen and oxygen atoms in total. The van der Waals surface area contributed by atoms with E-state index in [2.05, 4.69) is 39.7 Å². The van der Waals surface area contributed by atoms with Crippen LogP contribution >= 0.6 is 50.5 Å². The molecule has 0 amide bonds. The fourth-order valence-electron chi connectivity index (χ4n) is 2.78. The molecular weight excluding hydrogens is 453 g/mol. The van der Waals surface area contributed by atoms with Crippen molar-refractivity contribution >= 4 is 55.6 Å². The molecule has 26 heavy (non-hydrogen) atoms. The molecule has 0 radical (unpaired) electrons. The normalized spacial score (nSPS) is 12.2. The minimum Gasteiger partial charge on any atom is -0.341 e. The predicted octanol–water partition coefficient (Wildman–Crippen LogP) is 7.25. The Morgan fingerprint density at radius 3 is 2.58 bits per heavy atom. The third-order valence-corrected chi connectivity index (χ3v) is 6.42. The topological polar surface area (TPSA) is 29.0 Å². The maximum Gasteiger partial charge on any atom is 0.187 e. The fraction of sp³-hybridized carbons (Fsp3) is 0.263. The van der Waals surface area contributed by atoms with Crippen molar-refractivity contribution in [1.29, 1.82) is 0 Å². The first-order valence-electron chi connectivity index (χ1n) is 8.29. The number of anilines is 1. The van der Waals surface area contributed by atoms with Gasteiger partial charge in [0.05, 0.1) is 20.5 Å². The minimum atomic E-state index is 0.199. The molecule has 1 aromatic carbocycles. The van der Waals surface area contributed by atoms with E-state index in [1.54, 1.807) is 17.4 Å². The Kier molecular flexibility index (Phi) is 6.56. The Morgan fingerprint density at radius 2 is 1.92 bits per heavy atom. The van der Waals surface area contributed by atoms with Crippen LogP contribution in [0.15, 0.2) is 46.5 Å². The highest BCUT2D eigenvalue weighted by molar-refractivity contribution is 9.11. The van der Waals surface area contributed by atoms with Gasteiger partial charge in [0.1, 0.15) is 0 Å². The van der Waals surface area contributed by atoms with E-state index in [1.807, 2.05) is 36.7 Å². The summed E-state index contributed by atoms with van der Waals surface area (Å²) in [4.78, 5) is 11.3. The maximum atomic E-state index is 6.38. The quantitative estimate of drug-likeness (QED) is 0.379. The lowest BCUT2D eigenvalue weighted by molar-refractivity contribution is 0.656. The van der Waals surface area contributed by atoms with Crippen molar-refractivity contribution in [3.63, 3.8) is 0 Å². The van der Waals surface area contributed by atoms with Crippen LogP contribution in [0.3, 0.4) is 0 Å². The van der Waals surface area contributed by atoms with Crippen LogP contribution in [0.25, 0.3) is 11.3 Å². The van der Waals surface area contributed by atoms with Gasteiger partial charge in [-0.15, -0.1) is 0 Å². The third-order valence-electron chi connectivity index (χ3n) is 4.13. The van der Waals surface area contributed by atoms with Crippen LogP contribution in [0.2, 0.25) is 10.0 Å². The highest BCUT2D eigenvalue weighted by Crippen LogP contribution is 2.42. The number of nitrogens with zero attached hydrogens (tertiary/aromatic N) is 3. The Bertz CT molecular complexity index is 886. The lowest BCUT2D eigenvalue weighted by atomic mass is 10.1. The fourth-order valence-corrected chi connectivity index (χ4v) is 4.93. The summed E-state index contributed by atoms with van der Waals surface area (Å²) in [5, 5.41) is 2.17. The lowest BCUT2D eigenvalue weighted by Gasteiger charge is -2.28. The molecule has 3 aromatic rings. The lowest BCUT2D eigenvalue weighted by Crippen LogP contribution is -2.27. The molecule has 0 saturated carbocycles. The SMILES string of the molecule is CCCN(c1nc(-c2ccc(Cl)cc2Cl)c(Br)s1)C(C)c1ccncc1. The van der Waals surface area contributed by atoms with Gasteiger partial charge in [-0.3, -0.25) is 4.98 Å². The third kappa shape index (κ3) is 4.22. The molecule has 0 bridgehead atoms. The zero-order valence-corrected chi connectivity index (χ0v) is 18.3.